The van der Waals surface area contributed by atoms with Crippen LogP contribution in [0.15, 0.2) is 22.7 Å². The average Bonchev–Trinajstić information content (AvgIpc) is 3.16. The van der Waals surface area contributed by atoms with Crippen LogP contribution in [0.5, 0.6) is 0 Å². The Bertz CT molecular complexity index is 382. The lowest BCUT2D eigenvalue weighted by atomic mass is 10.2. The summed E-state index contributed by atoms with van der Waals surface area (Å²) in [4.78, 5) is 0. The largest absolute Gasteiger partial charge is 0.381 e. The van der Waals surface area contributed by atoms with Crippen molar-refractivity contribution in [3.63, 3.8) is 0 Å². The first kappa shape index (κ1) is 14.3. The number of ether oxygens (including phenoxy) is 1. The first-order valence-corrected chi connectivity index (χ1v) is 7.65. The van der Waals surface area contributed by atoms with Gasteiger partial charge >= 0.3 is 0 Å². The topological polar surface area (TPSA) is 21.3 Å². The molecule has 0 amide bonds. The number of benzene rings is 1. The summed E-state index contributed by atoms with van der Waals surface area (Å²) in [5, 5.41) is 4.19. The summed E-state index contributed by atoms with van der Waals surface area (Å²) in [6.45, 7) is 3.63. The summed E-state index contributed by atoms with van der Waals surface area (Å²) < 4.78 is 6.68. The molecule has 4 heteroatoms. The third kappa shape index (κ3) is 5.27. The number of halogens is 2. The van der Waals surface area contributed by atoms with Crippen molar-refractivity contribution in [2.75, 3.05) is 19.8 Å². The normalized spacial score (nSPS) is 15.0. The fraction of sp³-hybridized carbons (Fsp3) is 0.571. The van der Waals surface area contributed by atoms with Crippen LogP contribution in [0, 0.1) is 5.92 Å². The molecular formula is C14H19BrClNO. The molecule has 1 aromatic rings. The molecule has 0 aliphatic heterocycles. The van der Waals surface area contributed by atoms with Gasteiger partial charge in [0.1, 0.15) is 0 Å². The number of rotatable bonds is 8. The molecule has 1 aliphatic carbocycles. The van der Waals surface area contributed by atoms with Crippen molar-refractivity contribution in [1.29, 1.82) is 0 Å². The molecule has 1 aromatic carbocycles. The maximum atomic E-state index is 5.97. The molecule has 0 atom stereocenters. The number of hydrogen-bond acceptors (Lipinski definition) is 2. The van der Waals surface area contributed by atoms with Gasteiger partial charge in [0, 0.05) is 29.3 Å². The molecule has 0 aromatic heterocycles. The van der Waals surface area contributed by atoms with Crippen molar-refractivity contribution < 1.29 is 4.74 Å². The third-order valence-corrected chi connectivity index (χ3v) is 4.02. The van der Waals surface area contributed by atoms with Crippen molar-refractivity contribution in [2.45, 2.75) is 25.8 Å². The van der Waals surface area contributed by atoms with Crippen LogP contribution < -0.4 is 5.32 Å². The minimum absolute atomic E-state index is 0.780. The highest BCUT2D eigenvalue weighted by Crippen LogP contribution is 2.28. The molecule has 2 rings (SSSR count). The van der Waals surface area contributed by atoms with E-state index in [9.17, 15) is 0 Å². The van der Waals surface area contributed by atoms with E-state index in [1.54, 1.807) is 0 Å². The van der Waals surface area contributed by atoms with Crippen LogP contribution in [0.25, 0.3) is 0 Å². The standard InChI is InChI=1S/C14H19BrClNO/c15-14-5-4-13(16)8-12(14)9-17-6-1-7-18-10-11-2-3-11/h4-5,8,11,17H,1-3,6-7,9-10H2. The summed E-state index contributed by atoms with van der Waals surface area (Å²) in [6, 6.07) is 5.86. The van der Waals surface area contributed by atoms with Crippen molar-refractivity contribution in [3.8, 4) is 0 Å². The molecule has 0 spiro atoms. The molecule has 18 heavy (non-hydrogen) atoms. The zero-order chi connectivity index (χ0) is 12.8. The Labute approximate surface area is 122 Å². The fourth-order valence-corrected chi connectivity index (χ4v) is 2.32. The lowest BCUT2D eigenvalue weighted by Crippen LogP contribution is -2.17. The maximum absolute atomic E-state index is 5.97. The van der Waals surface area contributed by atoms with Crippen LogP contribution in [0.4, 0.5) is 0 Å². The Hall–Kier alpha value is -0.0900. The van der Waals surface area contributed by atoms with Crippen molar-refractivity contribution in [3.05, 3.63) is 33.3 Å². The lowest BCUT2D eigenvalue weighted by molar-refractivity contribution is 0.122. The van der Waals surface area contributed by atoms with Crippen LogP contribution in [-0.4, -0.2) is 19.8 Å². The smallest absolute Gasteiger partial charge is 0.0494 e. The van der Waals surface area contributed by atoms with Crippen LogP contribution in [-0.2, 0) is 11.3 Å². The van der Waals surface area contributed by atoms with Crippen LogP contribution in [0.1, 0.15) is 24.8 Å². The fourth-order valence-electron chi connectivity index (χ4n) is 1.74. The molecule has 1 saturated carbocycles. The van der Waals surface area contributed by atoms with Crippen LogP contribution in [0.3, 0.4) is 0 Å². The quantitative estimate of drug-likeness (QED) is 0.726. The predicted octanol–water partition coefficient (Wildman–Crippen LogP) is 4.01. The van der Waals surface area contributed by atoms with Gasteiger partial charge in [-0.05, 0) is 55.5 Å². The predicted molar refractivity (Wildman–Crippen MR) is 79.0 cm³/mol. The van der Waals surface area contributed by atoms with Gasteiger partial charge in [0.2, 0.25) is 0 Å². The van der Waals surface area contributed by atoms with E-state index in [4.69, 9.17) is 16.3 Å². The Morgan fingerprint density at radius 1 is 1.39 bits per heavy atom. The third-order valence-electron chi connectivity index (χ3n) is 3.02. The molecule has 1 aliphatic rings. The van der Waals surface area contributed by atoms with Gasteiger partial charge in [-0.15, -0.1) is 0 Å². The SMILES string of the molecule is Clc1ccc(Br)c(CNCCCOCC2CC2)c1. The number of nitrogens with one attached hydrogen (secondary N) is 1. The minimum atomic E-state index is 0.780. The van der Waals surface area contributed by atoms with E-state index < -0.39 is 0 Å². The van der Waals surface area contributed by atoms with E-state index in [0.29, 0.717) is 0 Å². The van der Waals surface area contributed by atoms with E-state index in [-0.39, 0.29) is 0 Å². The zero-order valence-electron chi connectivity index (χ0n) is 10.4. The van der Waals surface area contributed by atoms with E-state index in [0.717, 1.165) is 48.1 Å². The van der Waals surface area contributed by atoms with Crippen LogP contribution >= 0.6 is 27.5 Å². The molecule has 0 unspecified atom stereocenters. The molecule has 1 N–H and O–H groups in total. The molecule has 0 bridgehead atoms. The van der Waals surface area contributed by atoms with Crippen molar-refractivity contribution in [2.24, 2.45) is 5.92 Å². The average molecular weight is 333 g/mol. The highest BCUT2D eigenvalue weighted by atomic mass is 79.9. The van der Waals surface area contributed by atoms with Gasteiger partial charge in [-0.25, -0.2) is 0 Å². The minimum Gasteiger partial charge on any atom is -0.381 e. The Morgan fingerprint density at radius 2 is 2.22 bits per heavy atom. The zero-order valence-corrected chi connectivity index (χ0v) is 12.8. The second-order valence-corrected chi connectivity index (χ2v) is 6.08. The molecule has 0 heterocycles. The second-order valence-electron chi connectivity index (χ2n) is 4.78. The highest BCUT2D eigenvalue weighted by Gasteiger charge is 2.20. The Morgan fingerprint density at radius 3 is 3.00 bits per heavy atom. The van der Waals surface area contributed by atoms with Crippen molar-refractivity contribution in [1.82, 2.24) is 5.32 Å². The van der Waals surface area contributed by atoms with Crippen molar-refractivity contribution >= 4 is 27.5 Å². The summed E-state index contributed by atoms with van der Waals surface area (Å²) in [6.07, 6.45) is 3.78. The summed E-state index contributed by atoms with van der Waals surface area (Å²) in [7, 11) is 0. The first-order valence-electron chi connectivity index (χ1n) is 6.48. The monoisotopic (exact) mass is 331 g/mol. The van der Waals surface area contributed by atoms with Gasteiger partial charge < -0.3 is 10.1 Å². The summed E-state index contributed by atoms with van der Waals surface area (Å²) >= 11 is 9.49. The van der Waals surface area contributed by atoms with E-state index >= 15 is 0 Å². The summed E-state index contributed by atoms with van der Waals surface area (Å²) in [5.74, 6) is 0.861. The van der Waals surface area contributed by atoms with Gasteiger partial charge in [-0.2, -0.15) is 0 Å². The van der Waals surface area contributed by atoms with Crippen LogP contribution in [0.2, 0.25) is 5.02 Å². The molecule has 100 valence electrons. The van der Waals surface area contributed by atoms with Gasteiger partial charge in [-0.3, -0.25) is 0 Å². The first-order chi connectivity index (χ1) is 8.75. The molecule has 0 radical (unpaired) electrons. The van der Waals surface area contributed by atoms with Gasteiger partial charge in [0.05, 0.1) is 0 Å². The Balaban J connectivity index is 1.55. The van der Waals surface area contributed by atoms with Gasteiger partial charge in [0.25, 0.3) is 0 Å². The van der Waals surface area contributed by atoms with Gasteiger partial charge in [0.15, 0.2) is 0 Å². The Kier molecular flexibility index (Phi) is 5.96. The highest BCUT2D eigenvalue weighted by molar-refractivity contribution is 9.10. The maximum Gasteiger partial charge on any atom is 0.0494 e. The van der Waals surface area contributed by atoms with Gasteiger partial charge in [-0.1, -0.05) is 27.5 Å². The lowest BCUT2D eigenvalue weighted by Gasteiger charge is -2.08. The number of hydrogen-bond donors (Lipinski definition) is 1. The molecular weight excluding hydrogens is 314 g/mol. The van der Waals surface area contributed by atoms with E-state index in [1.807, 2.05) is 18.2 Å². The van der Waals surface area contributed by atoms with E-state index in [1.165, 1.54) is 18.4 Å². The molecule has 0 saturated heterocycles. The molecule has 2 nitrogen and oxygen atoms in total. The molecule has 1 fully saturated rings. The second kappa shape index (κ2) is 7.49. The van der Waals surface area contributed by atoms with E-state index in [2.05, 4.69) is 21.2 Å². The summed E-state index contributed by atoms with van der Waals surface area (Å²) in [5.41, 5.74) is 1.20.